The molecule has 0 aromatic carbocycles. The minimum atomic E-state index is -0.386. The Morgan fingerprint density at radius 1 is 1.50 bits per heavy atom. The Balaban J connectivity index is 2.71. The lowest BCUT2D eigenvalue weighted by atomic mass is 10.4. The summed E-state index contributed by atoms with van der Waals surface area (Å²) in [5.74, 6) is 1.31. The van der Waals surface area contributed by atoms with Crippen molar-refractivity contribution in [2.45, 2.75) is 20.0 Å². The number of nitrogens with one attached hydrogen (secondary N) is 2. The average Bonchev–Trinajstić information content (AvgIpc) is 2.14. The molecule has 0 saturated carbocycles. The highest BCUT2D eigenvalue weighted by molar-refractivity contribution is 5.41. The Hall–Kier alpha value is -1.36. The second-order valence-electron chi connectivity index (χ2n) is 3.20. The first-order chi connectivity index (χ1) is 6.61. The molecule has 5 nitrogen and oxygen atoms in total. The van der Waals surface area contributed by atoms with Gasteiger partial charge in [0.1, 0.15) is 5.82 Å². The minimum Gasteiger partial charge on any atom is -0.392 e. The molecule has 0 radical (unpaired) electrons. The van der Waals surface area contributed by atoms with E-state index in [2.05, 4.69) is 20.6 Å². The fraction of sp³-hybridized carbons (Fsp3) is 0.556. The predicted octanol–water partition coefficient (Wildman–Crippen LogP) is 0.619. The monoisotopic (exact) mass is 196 g/mol. The predicted molar refractivity (Wildman–Crippen MR) is 56.5 cm³/mol. The highest BCUT2D eigenvalue weighted by Gasteiger charge is 2.01. The molecule has 0 aliphatic carbocycles. The summed E-state index contributed by atoms with van der Waals surface area (Å²) in [6.45, 7) is 4.11. The molecule has 0 spiro atoms. The van der Waals surface area contributed by atoms with Crippen molar-refractivity contribution < 1.29 is 5.11 Å². The van der Waals surface area contributed by atoms with E-state index in [-0.39, 0.29) is 6.10 Å². The highest BCUT2D eigenvalue weighted by atomic mass is 16.3. The number of aliphatic hydroxyl groups excluding tert-OH is 1. The van der Waals surface area contributed by atoms with E-state index in [9.17, 15) is 0 Å². The van der Waals surface area contributed by atoms with Gasteiger partial charge in [0.15, 0.2) is 0 Å². The molecule has 78 valence electrons. The van der Waals surface area contributed by atoms with E-state index < -0.39 is 0 Å². The SMILES string of the molecule is CNc1nc(C)cc(NCC(C)O)n1. The summed E-state index contributed by atoms with van der Waals surface area (Å²) in [7, 11) is 1.77. The van der Waals surface area contributed by atoms with Gasteiger partial charge in [-0.1, -0.05) is 0 Å². The van der Waals surface area contributed by atoms with E-state index in [4.69, 9.17) is 5.11 Å². The smallest absolute Gasteiger partial charge is 0.224 e. The molecule has 1 aromatic heterocycles. The van der Waals surface area contributed by atoms with E-state index in [0.29, 0.717) is 12.5 Å². The highest BCUT2D eigenvalue weighted by Crippen LogP contribution is 2.08. The van der Waals surface area contributed by atoms with Crippen LogP contribution in [0, 0.1) is 6.92 Å². The van der Waals surface area contributed by atoms with Crippen LogP contribution in [0.5, 0.6) is 0 Å². The topological polar surface area (TPSA) is 70.1 Å². The minimum absolute atomic E-state index is 0.386. The van der Waals surface area contributed by atoms with E-state index in [1.54, 1.807) is 14.0 Å². The molecule has 0 aliphatic rings. The molecule has 0 saturated heterocycles. The molecule has 1 heterocycles. The van der Waals surface area contributed by atoms with Crippen LogP contribution >= 0.6 is 0 Å². The number of aromatic nitrogens is 2. The van der Waals surface area contributed by atoms with Crippen LogP contribution in [0.25, 0.3) is 0 Å². The molecular formula is C9H16N4O. The summed E-state index contributed by atoms with van der Waals surface area (Å²) in [5, 5.41) is 15.0. The first-order valence-corrected chi connectivity index (χ1v) is 4.57. The van der Waals surface area contributed by atoms with Crippen molar-refractivity contribution in [3.05, 3.63) is 11.8 Å². The number of nitrogens with zero attached hydrogens (tertiary/aromatic N) is 2. The van der Waals surface area contributed by atoms with E-state index in [1.165, 1.54) is 0 Å². The van der Waals surface area contributed by atoms with E-state index in [0.717, 1.165) is 11.5 Å². The number of aliphatic hydroxyl groups is 1. The quantitative estimate of drug-likeness (QED) is 0.658. The average molecular weight is 196 g/mol. The molecule has 0 bridgehead atoms. The lowest BCUT2D eigenvalue weighted by Gasteiger charge is -2.09. The molecular weight excluding hydrogens is 180 g/mol. The van der Waals surface area contributed by atoms with E-state index in [1.807, 2.05) is 13.0 Å². The van der Waals surface area contributed by atoms with Gasteiger partial charge in [0, 0.05) is 25.4 Å². The van der Waals surface area contributed by atoms with Crippen molar-refractivity contribution >= 4 is 11.8 Å². The summed E-state index contributed by atoms with van der Waals surface area (Å²) in [5.41, 5.74) is 0.887. The molecule has 1 aromatic rings. The standard InChI is InChI=1S/C9H16N4O/c1-6-4-8(11-5-7(2)14)13-9(10-3)12-6/h4,7,14H,5H2,1-3H3,(H2,10,11,12,13). The third kappa shape index (κ3) is 3.18. The maximum absolute atomic E-state index is 9.09. The lowest BCUT2D eigenvalue weighted by Crippen LogP contribution is -2.16. The van der Waals surface area contributed by atoms with Gasteiger partial charge >= 0.3 is 0 Å². The number of hydrogen-bond donors (Lipinski definition) is 3. The summed E-state index contributed by atoms with van der Waals surface area (Å²) in [6.07, 6.45) is -0.386. The number of aryl methyl sites for hydroxylation is 1. The number of anilines is 2. The van der Waals surface area contributed by atoms with Gasteiger partial charge in [0.2, 0.25) is 5.95 Å². The van der Waals surface area contributed by atoms with Gasteiger partial charge in [-0.05, 0) is 13.8 Å². The normalized spacial score (nSPS) is 12.3. The zero-order chi connectivity index (χ0) is 10.6. The zero-order valence-electron chi connectivity index (χ0n) is 8.70. The molecule has 0 aliphatic heterocycles. The molecule has 3 N–H and O–H groups in total. The van der Waals surface area contributed by atoms with Crippen molar-refractivity contribution in [1.82, 2.24) is 9.97 Å². The van der Waals surface area contributed by atoms with Crippen LogP contribution in [-0.4, -0.2) is 34.8 Å². The maximum Gasteiger partial charge on any atom is 0.224 e. The summed E-state index contributed by atoms with van der Waals surface area (Å²) >= 11 is 0. The Bertz CT molecular complexity index is 301. The van der Waals surface area contributed by atoms with Crippen molar-refractivity contribution in [2.24, 2.45) is 0 Å². The second kappa shape index (κ2) is 4.76. The first-order valence-electron chi connectivity index (χ1n) is 4.57. The van der Waals surface area contributed by atoms with E-state index >= 15 is 0 Å². The van der Waals surface area contributed by atoms with Crippen LogP contribution < -0.4 is 10.6 Å². The molecule has 1 atom stereocenters. The Morgan fingerprint density at radius 2 is 2.21 bits per heavy atom. The maximum atomic E-state index is 9.09. The van der Waals surface area contributed by atoms with Gasteiger partial charge in [-0.3, -0.25) is 0 Å². The van der Waals surface area contributed by atoms with Crippen LogP contribution in [0.4, 0.5) is 11.8 Å². The van der Waals surface area contributed by atoms with Gasteiger partial charge in [-0.25, -0.2) is 4.98 Å². The first kappa shape index (κ1) is 10.7. The lowest BCUT2D eigenvalue weighted by molar-refractivity contribution is 0.208. The third-order valence-electron chi connectivity index (χ3n) is 1.66. The number of hydrogen-bond acceptors (Lipinski definition) is 5. The van der Waals surface area contributed by atoms with Crippen LogP contribution in [-0.2, 0) is 0 Å². The van der Waals surface area contributed by atoms with Crippen LogP contribution in [0.3, 0.4) is 0 Å². The zero-order valence-corrected chi connectivity index (χ0v) is 8.70. The van der Waals surface area contributed by atoms with Crippen molar-refractivity contribution in [1.29, 1.82) is 0 Å². The molecule has 1 unspecified atom stereocenters. The Labute approximate surface area is 83.6 Å². The fourth-order valence-electron chi connectivity index (χ4n) is 1.02. The Kier molecular flexibility index (Phi) is 3.64. The van der Waals surface area contributed by atoms with Crippen LogP contribution in [0.1, 0.15) is 12.6 Å². The molecule has 5 heteroatoms. The van der Waals surface area contributed by atoms with Crippen molar-refractivity contribution in [3.8, 4) is 0 Å². The summed E-state index contributed by atoms with van der Waals surface area (Å²) in [4.78, 5) is 8.33. The number of rotatable bonds is 4. The van der Waals surface area contributed by atoms with Gasteiger partial charge < -0.3 is 15.7 Å². The van der Waals surface area contributed by atoms with Gasteiger partial charge in [0.05, 0.1) is 6.10 Å². The second-order valence-corrected chi connectivity index (χ2v) is 3.20. The van der Waals surface area contributed by atoms with Gasteiger partial charge in [0.25, 0.3) is 0 Å². The third-order valence-corrected chi connectivity index (χ3v) is 1.66. The van der Waals surface area contributed by atoms with Crippen molar-refractivity contribution in [2.75, 3.05) is 24.2 Å². The Morgan fingerprint density at radius 3 is 2.79 bits per heavy atom. The van der Waals surface area contributed by atoms with Gasteiger partial charge in [-0.15, -0.1) is 0 Å². The molecule has 0 amide bonds. The molecule has 1 rings (SSSR count). The largest absolute Gasteiger partial charge is 0.392 e. The van der Waals surface area contributed by atoms with Gasteiger partial charge in [-0.2, -0.15) is 4.98 Å². The van der Waals surface area contributed by atoms with Crippen LogP contribution in [0.2, 0.25) is 0 Å². The molecule has 14 heavy (non-hydrogen) atoms. The summed E-state index contributed by atoms with van der Waals surface area (Å²) in [6, 6.07) is 1.84. The molecule has 0 fully saturated rings. The fourth-order valence-corrected chi connectivity index (χ4v) is 1.02. The van der Waals surface area contributed by atoms with Crippen LogP contribution in [0.15, 0.2) is 6.07 Å². The summed E-state index contributed by atoms with van der Waals surface area (Å²) < 4.78 is 0. The van der Waals surface area contributed by atoms with Crippen molar-refractivity contribution in [3.63, 3.8) is 0 Å².